The SMILES string of the molecule is CC1(C)OC(=O)C(=CNc2ccccc2-c2cncnc2)C(=O)O1. The van der Waals surface area contributed by atoms with Gasteiger partial charge < -0.3 is 14.8 Å². The summed E-state index contributed by atoms with van der Waals surface area (Å²) in [7, 11) is 0. The number of aromatic nitrogens is 2. The minimum atomic E-state index is -1.26. The molecule has 1 fully saturated rings. The maximum absolute atomic E-state index is 11.9. The first-order valence-electron chi connectivity index (χ1n) is 7.24. The zero-order chi connectivity index (χ0) is 17.2. The van der Waals surface area contributed by atoms with Crippen LogP contribution in [0, 0.1) is 0 Å². The van der Waals surface area contributed by atoms with Crippen molar-refractivity contribution in [2.75, 3.05) is 5.32 Å². The van der Waals surface area contributed by atoms with Crippen LogP contribution >= 0.6 is 0 Å². The van der Waals surface area contributed by atoms with Gasteiger partial charge in [-0.2, -0.15) is 0 Å². The van der Waals surface area contributed by atoms with Gasteiger partial charge >= 0.3 is 11.9 Å². The molecule has 1 saturated heterocycles. The number of hydrogen-bond acceptors (Lipinski definition) is 7. The van der Waals surface area contributed by atoms with Gasteiger partial charge in [-0.15, -0.1) is 0 Å². The van der Waals surface area contributed by atoms with Gasteiger partial charge in [0, 0.05) is 49.3 Å². The van der Waals surface area contributed by atoms with Gasteiger partial charge in [0.1, 0.15) is 6.33 Å². The second-order valence-electron chi connectivity index (χ2n) is 5.55. The third-order valence-corrected chi connectivity index (χ3v) is 3.29. The molecule has 0 spiro atoms. The molecule has 7 nitrogen and oxygen atoms in total. The zero-order valence-electron chi connectivity index (χ0n) is 13.1. The Morgan fingerprint density at radius 3 is 2.33 bits per heavy atom. The molecule has 1 N–H and O–H groups in total. The Hall–Kier alpha value is -3.22. The Labute approximate surface area is 138 Å². The molecule has 122 valence electrons. The summed E-state index contributed by atoms with van der Waals surface area (Å²) in [6.45, 7) is 3.00. The summed E-state index contributed by atoms with van der Waals surface area (Å²) in [5, 5.41) is 2.95. The van der Waals surface area contributed by atoms with Crippen LogP contribution in [0.5, 0.6) is 0 Å². The Morgan fingerprint density at radius 1 is 1.04 bits per heavy atom. The Bertz CT molecular complexity index is 794. The standard InChI is InChI=1S/C17H15N3O4/c1-17(2)23-15(21)13(16(22)24-17)9-20-14-6-4-3-5-12(14)11-7-18-10-19-8-11/h3-10,20H,1-2H3. The van der Waals surface area contributed by atoms with E-state index in [1.54, 1.807) is 12.4 Å². The van der Waals surface area contributed by atoms with Crippen LogP contribution in [-0.4, -0.2) is 27.7 Å². The first kappa shape index (κ1) is 15.7. The van der Waals surface area contributed by atoms with Crippen LogP contribution in [0.1, 0.15) is 13.8 Å². The van der Waals surface area contributed by atoms with Gasteiger partial charge in [-0.3, -0.25) is 0 Å². The maximum Gasteiger partial charge on any atom is 0.350 e. The van der Waals surface area contributed by atoms with E-state index in [-0.39, 0.29) is 5.57 Å². The van der Waals surface area contributed by atoms with E-state index >= 15 is 0 Å². The van der Waals surface area contributed by atoms with Crippen molar-refractivity contribution in [1.82, 2.24) is 9.97 Å². The molecular formula is C17H15N3O4. The number of carbonyl (C=O) groups is 2. The van der Waals surface area contributed by atoms with E-state index < -0.39 is 17.7 Å². The largest absolute Gasteiger partial charge is 0.419 e. The highest BCUT2D eigenvalue weighted by Crippen LogP contribution is 2.27. The van der Waals surface area contributed by atoms with Crippen LogP contribution in [0.4, 0.5) is 5.69 Å². The van der Waals surface area contributed by atoms with Gasteiger partial charge in [0.05, 0.1) is 0 Å². The lowest BCUT2D eigenvalue weighted by Gasteiger charge is -2.29. The van der Waals surface area contributed by atoms with Gasteiger partial charge in [-0.05, 0) is 6.07 Å². The highest BCUT2D eigenvalue weighted by Gasteiger charge is 2.38. The Morgan fingerprint density at radius 2 is 1.67 bits per heavy atom. The fourth-order valence-corrected chi connectivity index (χ4v) is 2.23. The van der Waals surface area contributed by atoms with E-state index in [9.17, 15) is 9.59 Å². The number of rotatable bonds is 3. The molecule has 1 aromatic carbocycles. The average Bonchev–Trinajstić information content (AvgIpc) is 2.54. The summed E-state index contributed by atoms with van der Waals surface area (Å²) in [4.78, 5) is 31.9. The van der Waals surface area contributed by atoms with Gasteiger partial charge in [0.15, 0.2) is 5.57 Å². The van der Waals surface area contributed by atoms with Crippen molar-refractivity contribution in [3.63, 3.8) is 0 Å². The molecule has 2 heterocycles. The van der Waals surface area contributed by atoms with Gasteiger partial charge in [0.2, 0.25) is 0 Å². The number of carbonyl (C=O) groups excluding carboxylic acids is 2. The monoisotopic (exact) mass is 325 g/mol. The molecule has 0 saturated carbocycles. The number of para-hydroxylation sites is 1. The summed E-state index contributed by atoms with van der Waals surface area (Å²) in [6.07, 6.45) is 6.07. The third kappa shape index (κ3) is 3.24. The summed E-state index contributed by atoms with van der Waals surface area (Å²) in [6, 6.07) is 7.38. The molecule has 2 aromatic rings. The predicted octanol–water partition coefficient (Wildman–Crippen LogP) is 2.28. The number of benzene rings is 1. The third-order valence-electron chi connectivity index (χ3n) is 3.29. The second kappa shape index (κ2) is 6.11. The number of cyclic esters (lactones) is 2. The van der Waals surface area contributed by atoms with Crippen LogP contribution in [0.2, 0.25) is 0 Å². The molecule has 1 aliphatic rings. The minimum absolute atomic E-state index is 0.201. The lowest BCUT2D eigenvalue weighted by Crippen LogP contribution is -2.42. The fourth-order valence-electron chi connectivity index (χ4n) is 2.23. The Balaban J connectivity index is 1.88. The van der Waals surface area contributed by atoms with E-state index in [0.29, 0.717) is 5.69 Å². The van der Waals surface area contributed by atoms with E-state index in [1.807, 2.05) is 24.3 Å². The van der Waals surface area contributed by atoms with Crippen molar-refractivity contribution < 1.29 is 19.1 Å². The smallest absolute Gasteiger partial charge is 0.350 e. The molecule has 1 aromatic heterocycles. The van der Waals surface area contributed by atoms with Crippen molar-refractivity contribution in [3.05, 3.63) is 54.8 Å². The van der Waals surface area contributed by atoms with Crippen molar-refractivity contribution in [2.24, 2.45) is 0 Å². The zero-order valence-corrected chi connectivity index (χ0v) is 13.1. The van der Waals surface area contributed by atoms with E-state index in [4.69, 9.17) is 9.47 Å². The lowest BCUT2D eigenvalue weighted by molar-refractivity contribution is -0.222. The first-order chi connectivity index (χ1) is 11.5. The van der Waals surface area contributed by atoms with Crippen molar-refractivity contribution in [1.29, 1.82) is 0 Å². The van der Waals surface area contributed by atoms with E-state index in [2.05, 4.69) is 15.3 Å². The summed E-state index contributed by atoms with van der Waals surface area (Å²) >= 11 is 0. The number of esters is 2. The number of ether oxygens (including phenoxy) is 2. The lowest BCUT2D eigenvalue weighted by atomic mass is 10.1. The first-order valence-corrected chi connectivity index (χ1v) is 7.24. The van der Waals surface area contributed by atoms with Gasteiger partial charge in [-0.1, -0.05) is 18.2 Å². The summed E-state index contributed by atoms with van der Waals surface area (Å²) in [5.74, 6) is -2.72. The van der Waals surface area contributed by atoms with Crippen molar-refractivity contribution in [2.45, 2.75) is 19.6 Å². The quantitative estimate of drug-likeness (QED) is 0.526. The van der Waals surface area contributed by atoms with Crippen LogP contribution in [-0.2, 0) is 19.1 Å². The molecule has 24 heavy (non-hydrogen) atoms. The second-order valence-corrected chi connectivity index (χ2v) is 5.55. The molecule has 0 atom stereocenters. The van der Waals surface area contributed by atoms with Crippen LogP contribution in [0.25, 0.3) is 11.1 Å². The van der Waals surface area contributed by atoms with E-state index in [1.165, 1.54) is 26.4 Å². The highest BCUT2D eigenvalue weighted by atomic mass is 16.7. The van der Waals surface area contributed by atoms with Crippen LogP contribution < -0.4 is 5.32 Å². The predicted molar refractivity (Wildman–Crippen MR) is 85.4 cm³/mol. The molecule has 0 amide bonds. The minimum Gasteiger partial charge on any atom is -0.419 e. The van der Waals surface area contributed by atoms with Crippen LogP contribution in [0.3, 0.4) is 0 Å². The topological polar surface area (TPSA) is 90.4 Å². The number of nitrogens with one attached hydrogen (secondary N) is 1. The van der Waals surface area contributed by atoms with Gasteiger partial charge in [-0.25, -0.2) is 19.6 Å². The molecule has 0 bridgehead atoms. The molecule has 0 unspecified atom stereocenters. The molecule has 7 heteroatoms. The molecule has 0 aliphatic carbocycles. The Kier molecular flexibility index (Phi) is 3.99. The number of anilines is 1. The van der Waals surface area contributed by atoms with Crippen molar-refractivity contribution >= 4 is 17.6 Å². The maximum atomic E-state index is 11.9. The molecular weight excluding hydrogens is 310 g/mol. The van der Waals surface area contributed by atoms with E-state index in [0.717, 1.165) is 11.1 Å². The van der Waals surface area contributed by atoms with Crippen LogP contribution in [0.15, 0.2) is 54.8 Å². The highest BCUT2D eigenvalue weighted by molar-refractivity contribution is 6.15. The molecule has 3 rings (SSSR count). The number of hydrogen-bond donors (Lipinski definition) is 1. The van der Waals surface area contributed by atoms with Crippen molar-refractivity contribution in [3.8, 4) is 11.1 Å². The summed E-state index contributed by atoms with van der Waals surface area (Å²) in [5.41, 5.74) is 2.11. The summed E-state index contributed by atoms with van der Waals surface area (Å²) < 4.78 is 10.1. The molecule has 0 radical (unpaired) electrons. The number of nitrogens with zero attached hydrogens (tertiary/aromatic N) is 2. The molecule has 1 aliphatic heterocycles. The normalized spacial score (nSPS) is 16.2. The van der Waals surface area contributed by atoms with Gasteiger partial charge in [0.25, 0.3) is 5.79 Å². The average molecular weight is 325 g/mol. The fraction of sp³-hybridized carbons (Fsp3) is 0.176.